The van der Waals surface area contributed by atoms with Crippen LogP contribution < -0.4 is 14.4 Å². The molecule has 0 bridgehead atoms. The van der Waals surface area contributed by atoms with E-state index >= 15 is 0 Å². The SMILES string of the molecule is Cc1cc(OCC[NH+]2CCOCC2)cc2c1C(=O)CC(C)(C)O2. The highest BCUT2D eigenvalue weighted by molar-refractivity contribution is 6.01. The molecule has 23 heavy (non-hydrogen) atoms. The van der Waals surface area contributed by atoms with Crippen molar-refractivity contribution in [2.75, 3.05) is 39.5 Å². The minimum atomic E-state index is -0.451. The molecule has 126 valence electrons. The molecule has 2 aliphatic rings. The second-order valence-corrected chi connectivity index (χ2v) is 7.04. The molecule has 3 rings (SSSR count). The Bertz CT molecular complexity index is 591. The summed E-state index contributed by atoms with van der Waals surface area (Å²) in [5.74, 6) is 1.58. The number of ether oxygens (including phenoxy) is 3. The van der Waals surface area contributed by atoms with Gasteiger partial charge in [-0.2, -0.15) is 0 Å². The van der Waals surface area contributed by atoms with E-state index < -0.39 is 5.60 Å². The highest BCUT2D eigenvalue weighted by Gasteiger charge is 2.33. The number of hydrogen-bond donors (Lipinski definition) is 1. The highest BCUT2D eigenvalue weighted by Crippen LogP contribution is 2.37. The van der Waals surface area contributed by atoms with Crippen LogP contribution in [0.2, 0.25) is 0 Å². The highest BCUT2D eigenvalue weighted by atomic mass is 16.5. The molecule has 0 amide bonds. The number of hydrogen-bond acceptors (Lipinski definition) is 4. The summed E-state index contributed by atoms with van der Waals surface area (Å²) in [5, 5.41) is 0. The topological polar surface area (TPSA) is 49.2 Å². The molecule has 0 atom stereocenters. The van der Waals surface area contributed by atoms with Crippen molar-refractivity contribution in [2.45, 2.75) is 32.8 Å². The molecule has 1 saturated heterocycles. The van der Waals surface area contributed by atoms with Gasteiger partial charge in [0.25, 0.3) is 0 Å². The fourth-order valence-electron chi connectivity index (χ4n) is 3.28. The average Bonchev–Trinajstić information content (AvgIpc) is 2.46. The number of benzene rings is 1. The Balaban J connectivity index is 1.67. The van der Waals surface area contributed by atoms with Crippen LogP contribution in [0.15, 0.2) is 12.1 Å². The van der Waals surface area contributed by atoms with Crippen molar-refractivity contribution >= 4 is 5.78 Å². The van der Waals surface area contributed by atoms with E-state index in [0.29, 0.717) is 24.3 Å². The normalized spacial score (nSPS) is 20.7. The first-order chi connectivity index (χ1) is 10.9. The lowest BCUT2D eigenvalue weighted by atomic mass is 9.90. The summed E-state index contributed by atoms with van der Waals surface area (Å²) < 4.78 is 17.3. The van der Waals surface area contributed by atoms with E-state index in [1.807, 2.05) is 32.9 Å². The number of morpholine rings is 1. The number of ketones is 1. The van der Waals surface area contributed by atoms with Gasteiger partial charge in [0.1, 0.15) is 43.3 Å². The van der Waals surface area contributed by atoms with Crippen molar-refractivity contribution in [2.24, 2.45) is 0 Å². The second kappa shape index (κ2) is 6.49. The zero-order chi connectivity index (χ0) is 16.4. The van der Waals surface area contributed by atoms with Crippen LogP contribution in [0.25, 0.3) is 0 Å². The Morgan fingerprint density at radius 3 is 2.74 bits per heavy atom. The van der Waals surface area contributed by atoms with E-state index in [0.717, 1.165) is 44.2 Å². The van der Waals surface area contributed by atoms with Gasteiger partial charge in [-0.1, -0.05) is 0 Å². The summed E-state index contributed by atoms with van der Waals surface area (Å²) in [7, 11) is 0. The molecule has 1 aromatic rings. The molecule has 2 heterocycles. The Kier molecular flexibility index (Phi) is 4.60. The summed E-state index contributed by atoms with van der Waals surface area (Å²) in [6, 6.07) is 3.79. The maximum atomic E-state index is 12.3. The number of Topliss-reactive ketones (excluding diaryl/α,β-unsaturated/α-hetero) is 1. The average molecular weight is 320 g/mol. The number of rotatable bonds is 4. The Labute approximate surface area is 137 Å². The number of fused-ring (bicyclic) bond motifs is 1. The van der Waals surface area contributed by atoms with Crippen LogP contribution in [0.4, 0.5) is 0 Å². The first kappa shape index (κ1) is 16.3. The van der Waals surface area contributed by atoms with Gasteiger partial charge in [-0.25, -0.2) is 0 Å². The van der Waals surface area contributed by atoms with Crippen LogP contribution in [0.5, 0.6) is 11.5 Å². The number of aryl methyl sites for hydroxylation is 1. The fraction of sp³-hybridized carbons (Fsp3) is 0.611. The largest absolute Gasteiger partial charge is 0.488 e. The molecule has 5 heteroatoms. The fourth-order valence-corrected chi connectivity index (χ4v) is 3.28. The molecule has 0 spiro atoms. The Morgan fingerprint density at radius 2 is 2.00 bits per heavy atom. The van der Waals surface area contributed by atoms with Crippen molar-refractivity contribution in [1.82, 2.24) is 0 Å². The van der Waals surface area contributed by atoms with Crippen LogP contribution in [0.3, 0.4) is 0 Å². The van der Waals surface area contributed by atoms with E-state index in [1.54, 1.807) is 0 Å². The van der Waals surface area contributed by atoms with E-state index in [9.17, 15) is 4.79 Å². The van der Waals surface area contributed by atoms with Gasteiger partial charge in [-0.3, -0.25) is 4.79 Å². The minimum absolute atomic E-state index is 0.151. The molecule has 0 radical (unpaired) electrons. The molecular formula is C18H26NO4+. The lowest BCUT2D eigenvalue weighted by Gasteiger charge is -2.32. The lowest BCUT2D eigenvalue weighted by Crippen LogP contribution is -3.14. The van der Waals surface area contributed by atoms with Crippen LogP contribution >= 0.6 is 0 Å². The molecule has 0 unspecified atom stereocenters. The molecule has 1 aromatic carbocycles. The van der Waals surface area contributed by atoms with Crippen LogP contribution in [0, 0.1) is 6.92 Å². The van der Waals surface area contributed by atoms with Gasteiger partial charge >= 0.3 is 0 Å². The predicted molar refractivity (Wildman–Crippen MR) is 86.7 cm³/mol. The first-order valence-electron chi connectivity index (χ1n) is 8.35. The molecule has 1 N–H and O–H groups in total. The van der Waals surface area contributed by atoms with Gasteiger partial charge < -0.3 is 19.1 Å². The first-order valence-corrected chi connectivity index (χ1v) is 8.35. The van der Waals surface area contributed by atoms with Crippen LogP contribution in [0.1, 0.15) is 36.2 Å². The summed E-state index contributed by atoms with van der Waals surface area (Å²) in [6.07, 6.45) is 0.418. The van der Waals surface area contributed by atoms with Gasteiger partial charge in [-0.15, -0.1) is 0 Å². The number of quaternary nitrogens is 1. The van der Waals surface area contributed by atoms with Gasteiger partial charge in [0.05, 0.1) is 25.2 Å². The smallest absolute Gasteiger partial charge is 0.170 e. The van der Waals surface area contributed by atoms with Gasteiger partial charge in [0.2, 0.25) is 0 Å². The van der Waals surface area contributed by atoms with Gasteiger partial charge in [-0.05, 0) is 32.4 Å². The van der Waals surface area contributed by atoms with E-state index in [4.69, 9.17) is 14.2 Å². The quantitative estimate of drug-likeness (QED) is 0.900. The zero-order valence-corrected chi connectivity index (χ0v) is 14.2. The zero-order valence-electron chi connectivity index (χ0n) is 14.2. The molecule has 2 aliphatic heterocycles. The third kappa shape index (κ3) is 3.85. The van der Waals surface area contributed by atoms with Crippen LogP contribution in [-0.2, 0) is 4.74 Å². The Hall–Kier alpha value is -1.59. The van der Waals surface area contributed by atoms with E-state index in [-0.39, 0.29) is 5.78 Å². The maximum absolute atomic E-state index is 12.3. The third-order valence-corrected chi connectivity index (χ3v) is 4.45. The van der Waals surface area contributed by atoms with Gasteiger partial charge in [0, 0.05) is 6.07 Å². The standard InChI is InChI=1S/C18H25NO4/c1-13-10-14(22-9-6-19-4-7-21-8-5-19)11-16-17(13)15(20)12-18(2,3)23-16/h10-11H,4-9,12H2,1-3H3/p+1. The van der Waals surface area contributed by atoms with Crippen molar-refractivity contribution in [1.29, 1.82) is 0 Å². The van der Waals surface area contributed by atoms with Crippen molar-refractivity contribution in [3.05, 3.63) is 23.3 Å². The van der Waals surface area contributed by atoms with Crippen molar-refractivity contribution in [3.8, 4) is 11.5 Å². The third-order valence-electron chi connectivity index (χ3n) is 4.45. The summed E-state index contributed by atoms with van der Waals surface area (Å²) in [5.41, 5.74) is 1.18. The molecule has 0 aliphatic carbocycles. The number of nitrogens with one attached hydrogen (secondary N) is 1. The van der Waals surface area contributed by atoms with E-state index in [2.05, 4.69) is 0 Å². The second-order valence-electron chi connectivity index (χ2n) is 7.04. The predicted octanol–water partition coefficient (Wildman–Crippen LogP) is 1.03. The summed E-state index contributed by atoms with van der Waals surface area (Å²) in [6.45, 7) is 11.2. The number of carbonyl (C=O) groups is 1. The molecule has 0 aromatic heterocycles. The minimum Gasteiger partial charge on any atom is -0.488 e. The van der Waals surface area contributed by atoms with Crippen LogP contribution in [-0.4, -0.2) is 50.8 Å². The molecule has 5 nitrogen and oxygen atoms in total. The van der Waals surface area contributed by atoms with Crippen molar-refractivity contribution < 1.29 is 23.9 Å². The summed E-state index contributed by atoms with van der Waals surface area (Å²) in [4.78, 5) is 13.8. The van der Waals surface area contributed by atoms with Gasteiger partial charge in [0.15, 0.2) is 5.78 Å². The number of carbonyl (C=O) groups excluding carboxylic acids is 1. The monoisotopic (exact) mass is 320 g/mol. The lowest BCUT2D eigenvalue weighted by molar-refractivity contribution is -0.908. The molecule has 1 fully saturated rings. The van der Waals surface area contributed by atoms with Crippen molar-refractivity contribution in [3.63, 3.8) is 0 Å². The Morgan fingerprint density at radius 1 is 1.26 bits per heavy atom. The van der Waals surface area contributed by atoms with E-state index in [1.165, 1.54) is 4.90 Å². The molecular weight excluding hydrogens is 294 g/mol. The molecule has 0 saturated carbocycles. The summed E-state index contributed by atoms with van der Waals surface area (Å²) >= 11 is 0. The maximum Gasteiger partial charge on any atom is 0.170 e.